The van der Waals surface area contributed by atoms with E-state index in [-0.39, 0.29) is 26.4 Å². The van der Waals surface area contributed by atoms with E-state index < -0.39 is 30.0 Å². The van der Waals surface area contributed by atoms with Gasteiger partial charge >= 0.3 is 5.97 Å². The van der Waals surface area contributed by atoms with Crippen LogP contribution in [0.25, 0.3) is 0 Å². The fourth-order valence-electron chi connectivity index (χ4n) is 2.78. The molecule has 1 aromatic carbocycles. The van der Waals surface area contributed by atoms with E-state index in [0.717, 1.165) is 5.57 Å². The molecule has 0 heterocycles. The van der Waals surface area contributed by atoms with Crippen molar-refractivity contribution in [3.63, 3.8) is 0 Å². The van der Waals surface area contributed by atoms with E-state index in [1.807, 2.05) is 33.8 Å². The van der Waals surface area contributed by atoms with Gasteiger partial charge in [-0.1, -0.05) is 25.5 Å². The van der Waals surface area contributed by atoms with E-state index in [9.17, 15) is 18.0 Å². The lowest BCUT2D eigenvalue weighted by molar-refractivity contribution is -0.147. The van der Waals surface area contributed by atoms with Crippen LogP contribution in [0.4, 0.5) is 13.2 Å². The van der Waals surface area contributed by atoms with Crippen molar-refractivity contribution in [3.05, 3.63) is 44.3 Å². The van der Waals surface area contributed by atoms with Crippen LogP contribution >= 0.6 is 22.6 Å². The van der Waals surface area contributed by atoms with E-state index in [0.29, 0.717) is 6.07 Å². The Balaban J connectivity index is 2.11. The molecule has 0 N–H and O–H groups in total. The first-order chi connectivity index (χ1) is 10.6. The highest BCUT2D eigenvalue weighted by atomic mass is 127. The van der Waals surface area contributed by atoms with E-state index in [1.54, 1.807) is 22.6 Å². The molecule has 0 saturated heterocycles. The van der Waals surface area contributed by atoms with Crippen LogP contribution in [0.15, 0.2) is 17.7 Å². The van der Waals surface area contributed by atoms with Gasteiger partial charge < -0.3 is 4.74 Å². The summed E-state index contributed by atoms with van der Waals surface area (Å²) in [6.45, 7) is 7.32. The largest absolute Gasteiger partial charge is 0.460 e. The lowest BCUT2D eigenvalue weighted by atomic mass is 10.1. The lowest BCUT2D eigenvalue weighted by Gasteiger charge is -2.10. The second-order valence-corrected chi connectivity index (χ2v) is 7.70. The highest BCUT2D eigenvalue weighted by molar-refractivity contribution is 14.1. The number of ether oxygens (including phenoxy) is 1. The second-order valence-electron chi connectivity index (χ2n) is 6.62. The number of hydrogen-bond acceptors (Lipinski definition) is 2. The predicted molar refractivity (Wildman–Crippen MR) is 89.0 cm³/mol. The minimum absolute atomic E-state index is 0.0631. The first-order valence-corrected chi connectivity index (χ1v) is 8.28. The molecule has 6 heteroatoms. The average Bonchev–Trinajstić information content (AvgIpc) is 2.96. The fourth-order valence-corrected chi connectivity index (χ4v) is 3.33. The molecule has 0 unspecified atom stereocenters. The van der Waals surface area contributed by atoms with Crippen molar-refractivity contribution in [2.45, 2.75) is 34.3 Å². The summed E-state index contributed by atoms with van der Waals surface area (Å²) >= 11 is 1.57. The number of esters is 1. The highest BCUT2D eigenvalue weighted by Gasteiger charge is 2.61. The maximum Gasteiger partial charge on any atom is 0.310 e. The van der Waals surface area contributed by atoms with Crippen molar-refractivity contribution < 1.29 is 22.7 Å². The molecule has 0 amide bonds. The van der Waals surface area contributed by atoms with Crippen LogP contribution in [0.2, 0.25) is 0 Å². The van der Waals surface area contributed by atoms with Crippen molar-refractivity contribution in [1.82, 2.24) is 0 Å². The molecule has 0 aliphatic heterocycles. The first-order valence-electron chi connectivity index (χ1n) is 7.21. The van der Waals surface area contributed by atoms with Crippen molar-refractivity contribution in [1.29, 1.82) is 0 Å². The fraction of sp³-hybridized carbons (Fsp3) is 0.471. The monoisotopic (exact) mass is 438 g/mol. The summed E-state index contributed by atoms with van der Waals surface area (Å²) in [5.74, 6) is -4.07. The van der Waals surface area contributed by atoms with Crippen molar-refractivity contribution in [3.8, 4) is 0 Å². The summed E-state index contributed by atoms with van der Waals surface area (Å²) in [6, 6.07) is 0.483. The quantitative estimate of drug-likeness (QED) is 0.287. The number of carbonyl (C=O) groups is 1. The van der Waals surface area contributed by atoms with Gasteiger partial charge in [-0.05, 0) is 47.8 Å². The van der Waals surface area contributed by atoms with Crippen LogP contribution in [0.1, 0.15) is 33.3 Å². The molecule has 2 rings (SSSR count). The summed E-state index contributed by atoms with van der Waals surface area (Å²) in [6.07, 6.45) is 2.01. The van der Waals surface area contributed by atoms with Gasteiger partial charge in [0.25, 0.3) is 0 Å². The molecule has 1 saturated carbocycles. The number of hydrogen-bond donors (Lipinski definition) is 0. The molecule has 0 spiro atoms. The number of carbonyl (C=O) groups excluding carboxylic acids is 1. The van der Waals surface area contributed by atoms with Crippen molar-refractivity contribution in [2.24, 2.45) is 17.3 Å². The third kappa shape index (κ3) is 3.56. The molecule has 1 aliphatic rings. The van der Waals surface area contributed by atoms with Crippen molar-refractivity contribution in [2.75, 3.05) is 0 Å². The maximum atomic E-state index is 13.8. The number of rotatable bonds is 4. The predicted octanol–water partition coefficient (Wildman–Crippen LogP) is 4.99. The standard InChI is InChI=1S/C17H18F3IO2/c1-8(2)5-10-13(17(10,3)4)16(22)23-7-9-14(20)11(18)6-12(19)15(9)21/h5-6,10,13H,7H2,1-4H3/t10-,13+/m1/s1. The number of allylic oxidation sites excluding steroid dienone is 2. The second kappa shape index (κ2) is 6.45. The zero-order chi connectivity index (χ0) is 17.5. The Kier molecular flexibility index (Phi) is 5.13. The minimum atomic E-state index is -1.29. The molecule has 1 fully saturated rings. The molecule has 1 aliphatic carbocycles. The zero-order valence-electron chi connectivity index (χ0n) is 13.3. The van der Waals surface area contributed by atoms with Gasteiger partial charge in [-0.25, -0.2) is 13.2 Å². The zero-order valence-corrected chi connectivity index (χ0v) is 15.5. The summed E-state index contributed by atoms with van der Waals surface area (Å²) < 4.78 is 45.6. The first kappa shape index (κ1) is 18.3. The average molecular weight is 438 g/mol. The molecular formula is C17H18F3IO2. The Morgan fingerprint density at radius 1 is 1.30 bits per heavy atom. The van der Waals surface area contributed by atoms with Gasteiger partial charge in [-0.3, -0.25) is 4.79 Å². The van der Waals surface area contributed by atoms with Gasteiger partial charge in [0.05, 0.1) is 9.49 Å². The van der Waals surface area contributed by atoms with Crippen molar-refractivity contribution >= 4 is 28.6 Å². The Morgan fingerprint density at radius 2 is 1.91 bits per heavy atom. The normalized spacial score (nSPS) is 21.7. The Hall–Kier alpha value is -1.05. The number of halogens is 4. The summed E-state index contributed by atoms with van der Waals surface area (Å²) in [4.78, 5) is 12.2. The molecule has 0 aromatic heterocycles. The minimum Gasteiger partial charge on any atom is -0.460 e. The van der Waals surface area contributed by atoms with E-state index in [4.69, 9.17) is 4.74 Å². The third-order valence-electron chi connectivity index (χ3n) is 4.24. The van der Waals surface area contributed by atoms with Gasteiger partial charge in [0.2, 0.25) is 0 Å². The van der Waals surface area contributed by atoms with Crippen LogP contribution in [0.3, 0.4) is 0 Å². The molecule has 2 nitrogen and oxygen atoms in total. The molecule has 23 heavy (non-hydrogen) atoms. The van der Waals surface area contributed by atoms with Crippen LogP contribution in [-0.4, -0.2) is 5.97 Å². The van der Waals surface area contributed by atoms with Crippen LogP contribution in [-0.2, 0) is 16.1 Å². The molecule has 126 valence electrons. The van der Waals surface area contributed by atoms with Gasteiger partial charge in [-0.15, -0.1) is 0 Å². The number of benzene rings is 1. The van der Waals surface area contributed by atoms with E-state index >= 15 is 0 Å². The van der Waals surface area contributed by atoms with Gasteiger partial charge in [-0.2, -0.15) is 0 Å². The lowest BCUT2D eigenvalue weighted by Crippen LogP contribution is -2.13. The third-order valence-corrected chi connectivity index (χ3v) is 5.41. The molecule has 0 bridgehead atoms. The van der Waals surface area contributed by atoms with Crippen LogP contribution < -0.4 is 0 Å². The van der Waals surface area contributed by atoms with Gasteiger partial charge in [0.1, 0.15) is 12.4 Å². The summed E-state index contributed by atoms with van der Waals surface area (Å²) in [5.41, 5.74) is 0.604. The smallest absolute Gasteiger partial charge is 0.310 e. The molecular weight excluding hydrogens is 420 g/mol. The molecule has 1 aromatic rings. The Labute approximate surface area is 147 Å². The van der Waals surface area contributed by atoms with Gasteiger partial charge in [0, 0.05) is 11.6 Å². The van der Waals surface area contributed by atoms with Crippen LogP contribution in [0, 0.1) is 38.3 Å². The van der Waals surface area contributed by atoms with E-state index in [1.165, 1.54) is 0 Å². The SMILES string of the molecule is CC(C)=C[C@@H]1[C@@H](C(=O)OCc2c(F)c(F)cc(F)c2I)C1(C)C. The molecule has 0 radical (unpaired) electrons. The molecule has 2 atom stereocenters. The van der Waals surface area contributed by atoms with Crippen LogP contribution in [0.5, 0.6) is 0 Å². The van der Waals surface area contributed by atoms with E-state index in [2.05, 4.69) is 0 Å². The Bertz CT molecular complexity index is 653. The summed E-state index contributed by atoms with van der Waals surface area (Å²) in [7, 11) is 0. The topological polar surface area (TPSA) is 26.3 Å². The summed E-state index contributed by atoms with van der Waals surface area (Å²) in [5, 5.41) is 0. The van der Waals surface area contributed by atoms with Gasteiger partial charge in [0.15, 0.2) is 11.6 Å². The highest BCUT2D eigenvalue weighted by Crippen LogP contribution is 2.59. The maximum absolute atomic E-state index is 13.8. The Morgan fingerprint density at radius 3 is 2.48 bits per heavy atom.